The zero-order chi connectivity index (χ0) is 12.7. The minimum Gasteiger partial charge on any atom is -0.444 e. The van der Waals surface area contributed by atoms with E-state index < -0.39 is 0 Å². The number of benzene rings is 1. The monoisotopic (exact) mass is 309 g/mol. The third-order valence-corrected chi connectivity index (χ3v) is 3.40. The molecular formula is C13H9BrFNO2. The van der Waals surface area contributed by atoms with E-state index in [1.807, 2.05) is 6.07 Å². The highest BCUT2D eigenvalue weighted by Crippen LogP contribution is 2.32. The first-order valence-electron chi connectivity index (χ1n) is 5.51. The predicted molar refractivity (Wildman–Crippen MR) is 68.2 cm³/mol. The molecule has 1 amide bonds. The summed E-state index contributed by atoms with van der Waals surface area (Å²) >= 11 is 3.14. The molecular weight excluding hydrogens is 301 g/mol. The molecule has 0 fully saturated rings. The van der Waals surface area contributed by atoms with E-state index in [0.29, 0.717) is 23.3 Å². The lowest BCUT2D eigenvalue weighted by Gasteiger charge is -2.16. The molecule has 92 valence electrons. The van der Waals surface area contributed by atoms with Gasteiger partial charge in [0.2, 0.25) is 0 Å². The number of nitrogens with zero attached hydrogens (tertiary/aromatic N) is 1. The number of hydrogen-bond acceptors (Lipinski definition) is 2. The third-order valence-electron chi connectivity index (χ3n) is 2.97. The molecule has 0 saturated carbocycles. The predicted octanol–water partition coefficient (Wildman–Crippen LogP) is 3.38. The number of para-hydroxylation sites is 1. The molecule has 1 aliphatic heterocycles. The van der Waals surface area contributed by atoms with Crippen molar-refractivity contribution in [1.29, 1.82) is 0 Å². The van der Waals surface area contributed by atoms with Crippen LogP contribution in [0.25, 0.3) is 0 Å². The van der Waals surface area contributed by atoms with Crippen LogP contribution in [-0.2, 0) is 6.42 Å². The first-order valence-corrected chi connectivity index (χ1v) is 6.31. The van der Waals surface area contributed by atoms with Crippen LogP contribution in [0.3, 0.4) is 0 Å². The van der Waals surface area contributed by atoms with Gasteiger partial charge in [0, 0.05) is 6.54 Å². The molecule has 3 rings (SSSR count). The van der Waals surface area contributed by atoms with E-state index in [-0.39, 0.29) is 17.5 Å². The van der Waals surface area contributed by atoms with E-state index >= 15 is 0 Å². The maximum absolute atomic E-state index is 13.8. The molecule has 1 aromatic carbocycles. The van der Waals surface area contributed by atoms with Crippen LogP contribution in [-0.4, -0.2) is 12.5 Å². The number of anilines is 1. The number of fused-ring (bicyclic) bond motifs is 1. The van der Waals surface area contributed by atoms with Gasteiger partial charge in [0.1, 0.15) is 5.82 Å². The molecule has 0 radical (unpaired) electrons. The number of furan rings is 1. The Balaban J connectivity index is 2.00. The highest BCUT2D eigenvalue weighted by molar-refractivity contribution is 9.10. The van der Waals surface area contributed by atoms with Crippen LogP contribution < -0.4 is 4.90 Å². The van der Waals surface area contributed by atoms with Gasteiger partial charge in [0.15, 0.2) is 10.4 Å². The average molecular weight is 310 g/mol. The van der Waals surface area contributed by atoms with Gasteiger partial charge in [-0.25, -0.2) is 4.39 Å². The maximum Gasteiger partial charge on any atom is 0.294 e. The van der Waals surface area contributed by atoms with Crippen molar-refractivity contribution in [3.8, 4) is 0 Å². The number of rotatable bonds is 1. The average Bonchev–Trinajstić information content (AvgIpc) is 2.95. The number of hydrogen-bond donors (Lipinski definition) is 0. The van der Waals surface area contributed by atoms with Gasteiger partial charge < -0.3 is 9.32 Å². The molecule has 1 aromatic heterocycles. The molecule has 0 atom stereocenters. The van der Waals surface area contributed by atoms with Crippen LogP contribution in [0.5, 0.6) is 0 Å². The number of carbonyl (C=O) groups is 1. The fraction of sp³-hybridized carbons (Fsp3) is 0.154. The number of halogens is 2. The quantitative estimate of drug-likeness (QED) is 0.809. The fourth-order valence-electron chi connectivity index (χ4n) is 2.17. The molecule has 5 heteroatoms. The Kier molecular flexibility index (Phi) is 2.70. The van der Waals surface area contributed by atoms with Crippen molar-refractivity contribution in [2.45, 2.75) is 6.42 Å². The molecule has 1 aliphatic rings. The summed E-state index contributed by atoms with van der Waals surface area (Å²) < 4.78 is 19.5. The van der Waals surface area contributed by atoms with Gasteiger partial charge in [0.25, 0.3) is 5.91 Å². The second-order valence-corrected chi connectivity index (χ2v) is 4.84. The first-order chi connectivity index (χ1) is 8.66. The summed E-state index contributed by atoms with van der Waals surface area (Å²) in [6, 6.07) is 8.08. The van der Waals surface area contributed by atoms with Crippen molar-refractivity contribution in [2.75, 3.05) is 11.4 Å². The van der Waals surface area contributed by atoms with E-state index in [9.17, 15) is 9.18 Å². The highest BCUT2D eigenvalue weighted by Gasteiger charge is 2.29. The minimum atomic E-state index is -0.371. The van der Waals surface area contributed by atoms with Gasteiger partial charge >= 0.3 is 0 Å². The van der Waals surface area contributed by atoms with E-state index in [1.54, 1.807) is 18.2 Å². The summed E-state index contributed by atoms with van der Waals surface area (Å²) in [7, 11) is 0. The molecule has 2 aromatic rings. The molecule has 0 unspecified atom stereocenters. The standard InChI is InChI=1S/C13H9BrFNO2/c14-11-5-4-10(18-11)13(17)16-7-6-8-2-1-3-9(15)12(8)16/h1-5H,6-7H2. The van der Waals surface area contributed by atoms with Gasteiger partial charge in [-0.2, -0.15) is 0 Å². The summed E-state index contributed by atoms with van der Waals surface area (Å²) in [5.74, 6) is -0.480. The third kappa shape index (κ3) is 1.75. The van der Waals surface area contributed by atoms with E-state index in [2.05, 4.69) is 15.9 Å². The molecule has 0 aliphatic carbocycles. The van der Waals surface area contributed by atoms with Crippen molar-refractivity contribution < 1.29 is 13.6 Å². The molecule has 0 bridgehead atoms. The lowest BCUT2D eigenvalue weighted by atomic mass is 10.1. The second-order valence-electron chi connectivity index (χ2n) is 4.06. The summed E-state index contributed by atoms with van der Waals surface area (Å²) in [5, 5.41) is 0. The second kappa shape index (κ2) is 4.24. The minimum absolute atomic E-state index is 0.206. The summed E-state index contributed by atoms with van der Waals surface area (Å²) in [6.45, 7) is 0.480. The molecule has 0 saturated heterocycles. The van der Waals surface area contributed by atoms with Gasteiger partial charge in [-0.3, -0.25) is 4.79 Å². The fourth-order valence-corrected chi connectivity index (χ4v) is 2.48. The van der Waals surface area contributed by atoms with Crippen LogP contribution >= 0.6 is 15.9 Å². The van der Waals surface area contributed by atoms with Crippen LogP contribution in [0.15, 0.2) is 39.4 Å². The van der Waals surface area contributed by atoms with Gasteiger partial charge in [-0.15, -0.1) is 0 Å². The number of carbonyl (C=O) groups excluding carboxylic acids is 1. The Morgan fingerprint density at radius 3 is 2.89 bits per heavy atom. The van der Waals surface area contributed by atoms with Gasteiger partial charge in [-0.1, -0.05) is 12.1 Å². The highest BCUT2D eigenvalue weighted by atomic mass is 79.9. The van der Waals surface area contributed by atoms with E-state index in [4.69, 9.17) is 4.42 Å². The zero-order valence-electron chi connectivity index (χ0n) is 9.32. The van der Waals surface area contributed by atoms with Gasteiger partial charge in [0.05, 0.1) is 5.69 Å². The van der Waals surface area contributed by atoms with Crippen molar-refractivity contribution >= 4 is 27.5 Å². The maximum atomic E-state index is 13.8. The Bertz CT molecular complexity index is 623. The van der Waals surface area contributed by atoms with E-state index in [0.717, 1.165) is 5.56 Å². The first kappa shape index (κ1) is 11.5. The van der Waals surface area contributed by atoms with Crippen molar-refractivity contribution in [2.24, 2.45) is 0 Å². The van der Waals surface area contributed by atoms with Crippen molar-refractivity contribution in [1.82, 2.24) is 0 Å². The molecule has 18 heavy (non-hydrogen) atoms. The molecule has 0 N–H and O–H groups in total. The van der Waals surface area contributed by atoms with Crippen LogP contribution in [0.2, 0.25) is 0 Å². The summed E-state index contributed by atoms with van der Waals surface area (Å²) in [4.78, 5) is 13.6. The topological polar surface area (TPSA) is 33.5 Å². The SMILES string of the molecule is O=C(c1ccc(Br)o1)N1CCc2cccc(F)c21. The summed E-state index contributed by atoms with van der Waals surface area (Å²) in [5.41, 5.74) is 1.23. The Morgan fingerprint density at radius 2 is 2.17 bits per heavy atom. The lowest BCUT2D eigenvalue weighted by molar-refractivity contribution is 0.0960. The zero-order valence-corrected chi connectivity index (χ0v) is 10.9. The van der Waals surface area contributed by atoms with Crippen LogP contribution in [0, 0.1) is 5.82 Å². The van der Waals surface area contributed by atoms with Crippen LogP contribution in [0.4, 0.5) is 10.1 Å². The van der Waals surface area contributed by atoms with Crippen LogP contribution in [0.1, 0.15) is 16.1 Å². The Morgan fingerprint density at radius 1 is 1.33 bits per heavy atom. The number of amides is 1. The summed E-state index contributed by atoms with van der Waals surface area (Å²) in [6.07, 6.45) is 0.667. The lowest BCUT2D eigenvalue weighted by Crippen LogP contribution is -2.29. The molecule has 2 heterocycles. The molecule has 3 nitrogen and oxygen atoms in total. The smallest absolute Gasteiger partial charge is 0.294 e. The van der Waals surface area contributed by atoms with Crippen molar-refractivity contribution in [3.63, 3.8) is 0 Å². The largest absolute Gasteiger partial charge is 0.444 e. The molecule has 0 spiro atoms. The van der Waals surface area contributed by atoms with E-state index in [1.165, 1.54) is 11.0 Å². The Labute approximate surface area is 111 Å². The van der Waals surface area contributed by atoms with Crippen molar-refractivity contribution in [3.05, 3.63) is 52.1 Å². The Hall–Kier alpha value is -1.62. The normalized spacial score (nSPS) is 13.8. The van der Waals surface area contributed by atoms with Gasteiger partial charge in [-0.05, 0) is 46.1 Å².